The van der Waals surface area contributed by atoms with E-state index in [1.54, 1.807) is 31.3 Å². The van der Waals surface area contributed by atoms with E-state index in [4.69, 9.17) is 0 Å². The lowest BCUT2D eigenvalue weighted by molar-refractivity contribution is 0.272. The number of hydrogen-bond acceptors (Lipinski definition) is 2. The van der Waals surface area contributed by atoms with Crippen LogP contribution in [0.4, 0.5) is 14.6 Å². The maximum Gasteiger partial charge on any atom is 0.166 e. The van der Waals surface area contributed by atoms with Gasteiger partial charge in [-0.3, -0.25) is 0 Å². The Bertz CT molecular complexity index is 687. The lowest BCUT2D eigenvalue weighted by atomic mass is 9.84. The molecule has 21 heavy (non-hydrogen) atoms. The molecule has 2 nitrogen and oxygen atoms in total. The average Bonchev–Trinajstić information content (AvgIpc) is 2.39. The van der Waals surface area contributed by atoms with Gasteiger partial charge in [-0.25, -0.2) is 13.8 Å². The summed E-state index contributed by atoms with van der Waals surface area (Å²) < 4.78 is 28.4. The third kappa shape index (κ3) is 2.50. The van der Waals surface area contributed by atoms with Gasteiger partial charge in [0, 0.05) is 30.4 Å². The second-order valence-electron chi connectivity index (χ2n) is 6.49. The predicted molar refractivity (Wildman–Crippen MR) is 80.3 cm³/mol. The molecule has 4 heteroatoms. The summed E-state index contributed by atoms with van der Waals surface area (Å²) >= 11 is 0. The summed E-state index contributed by atoms with van der Waals surface area (Å²) in [5.41, 5.74) is 1.60. The predicted octanol–water partition coefficient (Wildman–Crippen LogP) is 4.18. The number of aromatic nitrogens is 1. The highest BCUT2D eigenvalue weighted by molar-refractivity contribution is 5.66. The monoisotopic (exact) mass is 288 g/mol. The Morgan fingerprint density at radius 2 is 1.90 bits per heavy atom. The van der Waals surface area contributed by atoms with Crippen LogP contribution in [0.25, 0.3) is 11.1 Å². The minimum atomic E-state index is -0.399. The van der Waals surface area contributed by atoms with Crippen molar-refractivity contribution in [3.63, 3.8) is 0 Å². The van der Waals surface area contributed by atoms with Gasteiger partial charge in [0.05, 0.1) is 0 Å². The van der Waals surface area contributed by atoms with Gasteiger partial charge in [0.25, 0.3) is 0 Å². The topological polar surface area (TPSA) is 16.1 Å². The summed E-state index contributed by atoms with van der Waals surface area (Å²) in [7, 11) is 0. The molecule has 0 spiro atoms. The fourth-order valence-electron chi connectivity index (χ4n) is 2.82. The number of benzene rings is 1. The number of aryl methyl sites for hydroxylation is 1. The SMILES string of the molecule is Cc1cccc(-c2cnc(N3CC(C)(C)C3)c(F)c2)c1F. The van der Waals surface area contributed by atoms with Crippen LogP contribution < -0.4 is 4.90 Å². The number of halogens is 2. The van der Waals surface area contributed by atoms with Crippen LogP contribution in [0.5, 0.6) is 0 Å². The van der Waals surface area contributed by atoms with Crippen LogP contribution in [-0.4, -0.2) is 18.1 Å². The molecule has 0 atom stereocenters. The standard InChI is InChI=1S/C17H18F2N2/c1-11-5-4-6-13(15(11)19)12-7-14(18)16(20-8-12)21-9-17(2,3)10-21/h4-8H,9-10H2,1-3H3. The molecule has 0 bridgehead atoms. The largest absolute Gasteiger partial charge is 0.353 e. The van der Waals surface area contributed by atoms with E-state index in [1.807, 2.05) is 4.90 Å². The molecule has 1 fully saturated rings. The van der Waals surface area contributed by atoms with E-state index in [0.717, 1.165) is 13.1 Å². The highest BCUT2D eigenvalue weighted by atomic mass is 19.1. The zero-order valence-corrected chi connectivity index (χ0v) is 12.5. The summed E-state index contributed by atoms with van der Waals surface area (Å²) in [6, 6.07) is 6.47. The maximum absolute atomic E-state index is 14.3. The van der Waals surface area contributed by atoms with Gasteiger partial charge in [0.15, 0.2) is 11.6 Å². The molecular weight excluding hydrogens is 270 g/mol. The molecule has 110 valence electrons. The molecule has 1 saturated heterocycles. The van der Waals surface area contributed by atoms with Gasteiger partial charge >= 0.3 is 0 Å². The van der Waals surface area contributed by atoms with Crippen molar-refractivity contribution in [2.45, 2.75) is 20.8 Å². The normalized spacial score (nSPS) is 16.7. The molecule has 1 aromatic carbocycles. The summed E-state index contributed by atoms with van der Waals surface area (Å²) in [6.07, 6.45) is 1.54. The molecule has 0 radical (unpaired) electrons. The summed E-state index contributed by atoms with van der Waals surface area (Å²) in [5.74, 6) is -0.369. The van der Waals surface area contributed by atoms with Gasteiger partial charge in [-0.1, -0.05) is 32.0 Å². The Kier molecular flexibility index (Phi) is 3.19. The molecule has 1 aliphatic heterocycles. The van der Waals surface area contributed by atoms with E-state index in [-0.39, 0.29) is 11.2 Å². The van der Waals surface area contributed by atoms with Gasteiger partial charge in [-0.05, 0) is 24.0 Å². The van der Waals surface area contributed by atoms with Gasteiger partial charge in [-0.15, -0.1) is 0 Å². The van der Waals surface area contributed by atoms with Crippen LogP contribution in [0.3, 0.4) is 0 Å². The Morgan fingerprint density at radius 3 is 2.52 bits per heavy atom. The van der Waals surface area contributed by atoms with E-state index in [2.05, 4.69) is 18.8 Å². The smallest absolute Gasteiger partial charge is 0.166 e. The minimum Gasteiger partial charge on any atom is -0.353 e. The van der Waals surface area contributed by atoms with Crippen molar-refractivity contribution in [1.82, 2.24) is 4.98 Å². The first-order valence-electron chi connectivity index (χ1n) is 7.03. The summed E-state index contributed by atoms with van der Waals surface area (Å²) in [6.45, 7) is 7.54. The molecule has 0 N–H and O–H groups in total. The number of nitrogens with zero attached hydrogens (tertiary/aromatic N) is 2. The molecule has 0 amide bonds. The summed E-state index contributed by atoms with van der Waals surface area (Å²) in [5, 5.41) is 0. The number of pyridine rings is 1. The van der Waals surface area contributed by atoms with Crippen LogP contribution in [-0.2, 0) is 0 Å². The van der Waals surface area contributed by atoms with E-state index in [0.29, 0.717) is 22.5 Å². The second kappa shape index (κ2) is 4.79. The zero-order valence-electron chi connectivity index (χ0n) is 12.5. The van der Waals surface area contributed by atoms with Crippen molar-refractivity contribution < 1.29 is 8.78 Å². The van der Waals surface area contributed by atoms with E-state index >= 15 is 0 Å². The van der Waals surface area contributed by atoms with Crippen molar-refractivity contribution in [2.24, 2.45) is 5.41 Å². The minimum absolute atomic E-state index is 0.204. The van der Waals surface area contributed by atoms with Crippen LogP contribution in [0, 0.1) is 24.0 Å². The van der Waals surface area contributed by atoms with Gasteiger partial charge < -0.3 is 4.90 Å². The summed E-state index contributed by atoms with van der Waals surface area (Å²) in [4.78, 5) is 6.11. The van der Waals surface area contributed by atoms with Crippen molar-refractivity contribution in [3.8, 4) is 11.1 Å². The third-order valence-electron chi connectivity index (χ3n) is 3.86. The van der Waals surface area contributed by atoms with Crippen molar-refractivity contribution in [2.75, 3.05) is 18.0 Å². The maximum atomic E-state index is 14.3. The lowest BCUT2D eigenvalue weighted by Crippen LogP contribution is -2.53. The Labute approximate surface area is 123 Å². The second-order valence-corrected chi connectivity index (χ2v) is 6.49. The molecule has 2 aromatic rings. The molecule has 1 aromatic heterocycles. The molecule has 0 aliphatic carbocycles. The molecule has 3 rings (SSSR count). The Morgan fingerprint density at radius 1 is 1.19 bits per heavy atom. The molecule has 1 aliphatic rings. The van der Waals surface area contributed by atoms with Crippen molar-refractivity contribution in [3.05, 3.63) is 47.7 Å². The quantitative estimate of drug-likeness (QED) is 0.824. The Balaban J connectivity index is 1.93. The first kappa shape index (κ1) is 14.0. The van der Waals surface area contributed by atoms with Crippen molar-refractivity contribution in [1.29, 1.82) is 0 Å². The van der Waals surface area contributed by atoms with E-state index < -0.39 is 5.82 Å². The first-order chi connectivity index (χ1) is 9.87. The zero-order chi connectivity index (χ0) is 15.2. The van der Waals surface area contributed by atoms with Crippen molar-refractivity contribution >= 4 is 5.82 Å². The first-order valence-corrected chi connectivity index (χ1v) is 7.03. The molecule has 0 unspecified atom stereocenters. The third-order valence-corrected chi connectivity index (χ3v) is 3.86. The van der Waals surface area contributed by atoms with E-state index in [1.165, 1.54) is 6.07 Å². The molecular formula is C17H18F2N2. The van der Waals surface area contributed by atoms with Crippen LogP contribution in [0.1, 0.15) is 19.4 Å². The van der Waals surface area contributed by atoms with Crippen LogP contribution >= 0.6 is 0 Å². The van der Waals surface area contributed by atoms with Crippen LogP contribution in [0.2, 0.25) is 0 Å². The fourth-order valence-corrected chi connectivity index (χ4v) is 2.82. The molecule has 2 heterocycles. The molecule has 0 saturated carbocycles. The van der Waals surface area contributed by atoms with Gasteiger partial charge in [0.2, 0.25) is 0 Å². The number of hydrogen-bond donors (Lipinski definition) is 0. The lowest BCUT2D eigenvalue weighted by Gasteiger charge is -2.46. The average molecular weight is 288 g/mol. The van der Waals surface area contributed by atoms with Crippen LogP contribution in [0.15, 0.2) is 30.5 Å². The van der Waals surface area contributed by atoms with Gasteiger partial charge in [0.1, 0.15) is 5.82 Å². The fraction of sp³-hybridized carbons (Fsp3) is 0.353. The van der Waals surface area contributed by atoms with E-state index in [9.17, 15) is 8.78 Å². The highest BCUT2D eigenvalue weighted by Crippen LogP contribution is 2.35. The number of rotatable bonds is 2. The van der Waals surface area contributed by atoms with Gasteiger partial charge in [-0.2, -0.15) is 0 Å². The Hall–Kier alpha value is -1.97. The number of anilines is 1. The highest BCUT2D eigenvalue weighted by Gasteiger charge is 2.36.